The van der Waals surface area contributed by atoms with Crippen molar-refractivity contribution in [3.63, 3.8) is 0 Å². The van der Waals surface area contributed by atoms with Crippen molar-refractivity contribution < 1.29 is 4.74 Å². The van der Waals surface area contributed by atoms with Crippen LogP contribution in [0.15, 0.2) is 24.3 Å². The molecule has 0 saturated heterocycles. The molecule has 0 aliphatic carbocycles. The lowest BCUT2D eigenvalue weighted by Gasteiger charge is -2.30. The highest BCUT2D eigenvalue weighted by atomic mass is 16.5. The second-order valence-electron chi connectivity index (χ2n) is 5.09. The highest BCUT2D eigenvalue weighted by Crippen LogP contribution is 2.17. The fraction of sp³-hybridized carbons (Fsp3) is 0.600. The normalized spacial score (nSPS) is 11.6. The lowest BCUT2D eigenvalue weighted by molar-refractivity contribution is 0.141. The number of ether oxygens (including phenoxy) is 1. The fourth-order valence-corrected chi connectivity index (χ4v) is 2.19. The molecule has 0 radical (unpaired) electrons. The molecular weight excluding hydrogens is 224 g/mol. The molecule has 1 rings (SSSR count). The lowest BCUT2D eigenvalue weighted by atomic mass is 10.2. The van der Waals surface area contributed by atoms with Crippen LogP contribution in [0.4, 0.5) is 0 Å². The minimum absolute atomic E-state index is 0.522. The molecule has 2 N–H and O–H groups in total. The molecule has 3 nitrogen and oxygen atoms in total. The Morgan fingerprint density at radius 2 is 1.72 bits per heavy atom. The fourth-order valence-electron chi connectivity index (χ4n) is 2.19. The van der Waals surface area contributed by atoms with Gasteiger partial charge in [-0.25, -0.2) is 0 Å². The van der Waals surface area contributed by atoms with E-state index in [1.54, 1.807) is 0 Å². The number of hydrogen-bond donors (Lipinski definition) is 1. The van der Waals surface area contributed by atoms with E-state index in [1.807, 2.05) is 24.3 Å². The molecule has 0 aliphatic heterocycles. The summed E-state index contributed by atoms with van der Waals surface area (Å²) < 4.78 is 5.84. The van der Waals surface area contributed by atoms with Crippen LogP contribution in [0.25, 0.3) is 0 Å². The monoisotopic (exact) mass is 250 g/mol. The van der Waals surface area contributed by atoms with Crippen LogP contribution >= 0.6 is 0 Å². The molecule has 0 aromatic heterocycles. The van der Waals surface area contributed by atoms with Crippen molar-refractivity contribution in [1.29, 1.82) is 0 Å². The van der Waals surface area contributed by atoms with Gasteiger partial charge in [-0.1, -0.05) is 18.2 Å². The zero-order valence-corrected chi connectivity index (χ0v) is 12.0. The van der Waals surface area contributed by atoms with E-state index < -0.39 is 0 Å². The van der Waals surface area contributed by atoms with Crippen molar-refractivity contribution in [2.45, 2.75) is 46.3 Å². The van der Waals surface area contributed by atoms with Crippen LogP contribution < -0.4 is 10.5 Å². The largest absolute Gasteiger partial charge is 0.492 e. The quantitative estimate of drug-likeness (QED) is 0.808. The molecule has 18 heavy (non-hydrogen) atoms. The first-order valence-electron chi connectivity index (χ1n) is 6.72. The van der Waals surface area contributed by atoms with Gasteiger partial charge in [0.15, 0.2) is 0 Å². The summed E-state index contributed by atoms with van der Waals surface area (Å²) in [5.74, 6) is 0.910. The summed E-state index contributed by atoms with van der Waals surface area (Å²) in [4.78, 5) is 2.42. The van der Waals surface area contributed by atoms with E-state index in [9.17, 15) is 0 Å². The Bertz CT molecular complexity index is 342. The Hall–Kier alpha value is -1.06. The Labute approximate surface area is 111 Å². The van der Waals surface area contributed by atoms with Gasteiger partial charge in [-0.15, -0.1) is 0 Å². The van der Waals surface area contributed by atoms with Gasteiger partial charge in [-0.3, -0.25) is 4.90 Å². The minimum atomic E-state index is 0.522. The Morgan fingerprint density at radius 3 is 2.28 bits per heavy atom. The van der Waals surface area contributed by atoms with E-state index in [4.69, 9.17) is 10.5 Å². The first-order valence-corrected chi connectivity index (χ1v) is 6.72. The third kappa shape index (κ3) is 4.31. The lowest BCUT2D eigenvalue weighted by Crippen LogP contribution is -2.39. The Balaban J connectivity index is 2.50. The molecule has 1 aromatic carbocycles. The van der Waals surface area contributed by atoms with Crippen molar-refractivity contribution in [1.82, 2.24) is 4.90 Å². The molecular formula is C15H26N2O. The van der Waals surface area contributed by atoms with Crippen LogP contribution in [0.1, 0.15) is 33.3 Å². The van der Waals surface area contributed by atoms with Crippen molar-refractivity contribution in [3.8, 4) is 5.75 Å². The van der Waals surface area contributed by atoms with Crippen LogP contribution in [-0.2, 0) is 6.54 Å². The average molecular weight is 250 g/mol. The molecule has 0 fully saturated rings. The van der Waals surface area contributed by atoms with Gasteiger partial charge in [-0.05, 0) is 33.8 Å². The van der Waals surface area contributed by atoms with E-state index in [1.165, 1.54) is 0 Å². The van der Waals surface area contributed by atoms with Crippen LogP contribution in [0.5, 0.6) is 5.75 Å². The van der Waals surface area contributed by atoms with Gasteiger partial charge in [0.25, 0.3) is 0 Å². The summed E-state index contributed by atoms with van der Waals surface area (Å²) in [7, 11) is 0. The minimum Gasteiger partial charge on any atom is -0.492 e. The van der Waals surface area contributed by atoms with E-state index in [0.717, 1.165) is 17.9 Å². The molecule has 3 heteroatoms. The predicted octanol–water partition coefficient (Wildman–Crippen LogP) is 2.64. The van der Waals surface area contributed by atoms with E-state index in [-0.39, 0.29) is 0 Å². The Kier molecular flexibility index (Phi) is 6.16. The molecule has 0 spiro atoms. The molecule has 0 unspecified atom stereocenters. The Morgan fingerprint density at radius 1 is 1.11 bits per heavy atom. The van der Waals surface area contributed by atoms with Gasteiger partial charge < -0.3 is 10.5 Å². The number of rotatable bonds is 7. The zero-order chi connectivity index (χ0) is 13.5. The zero-order valence-electron chi connectivity index (χ0n) is 12.0. The first kappa shape index (κ1) is 15.0. The number of nitrogens with two attached hydrogens (primary N) is 1. The number of hydrogen-bond acceptors (Lipinski definition) is 3. The van der Waals surface area contributed by atoms with Crippen LogP contribution in [-0.4, -0.2) is 30.1 Å². The summed E-state index contributed by atoms with van der Waals surface area (Å²) in [6.07, 6.45) is 0. The maximum atomic E-state index is 5.84. The third-order valence-corrected chi connectivity index (χ3v) is 3.13. The highest BCUT2D eigenvalue weighted by molar-refractivity contribution is 5.32. The summed E-state index contributed by atoms with van der Waals surface area (Å²) in [6, 6.07) is 9.05. The van der Waals surface area contributed by atoms with Gasteiger partial charge in [-0.2, -0.15) is 0 Å². The molecule has 102 valence electrons. The predicted molar refractivity (Wildman–Crippen MR) is 76.8 cm³/mol. The number of benzene rings is 1. The van der Waals surface area contributed by atoms with E-state index in [2.05, 4.69) is 32.6 Å². The van der Waals surface area contributed by atoms with Gasteiger partial charge in [0.05, 0.1) is 0 Å². The summed E-state index contributed by atoms with van der Waals surface area (Å²) >= 11 is 0. The maximum absolute atomic E-state index is 5.84. The van der Waals surface area contributed by atoms with Crippen molar-refractivity contribution >= 4 is 0 Å². The van der Waals surface area contributed by atoms with Crippen molar-refractivity contribution in [2.24, 2.45) is 5.73 Å². The molecule has 0 saturated carbocycles. The number of para-hydroxylation sites is 1. The molecule has 0 bridgehead atoms. The van der Waals surface area contributed by atoms with Gasteiger partial charge in [0.2, 0.25) is 0 Å². The topological polar surface area (TPSA) is 38.5 Å². The summed E-state index contributed by atoms with van der Waals surface area (Å²) in [5.41, 5.74) is 6.76. The second kappa shape index (κ2) is 7.39. The SMILES string of the molecule is CC(C)N(CCOc1ccccc1CN)C(C)C. The summed E-state index contributed by atoms with van der Waals surface area (Å²) in [5, 5.41) is 0. The molecule has 0 aliphatic rings. The highest BCUT2D eigenvalue weighted by Gasteiger charge is 2.13. The van der Waals surface area contributed by atoms with Crippen LogP contribution in [0, 0.1) is 0 Å². The maximum Gasteiger partial charge on any atom is 0.123 e. The second-order valence-corrected chi connectivity index (χ2v) is 5.09. The smallest absolute Gasteiger partial charge is 0.123 e. The van der Waals surface area contributed by atoms with Crippen LogP contribution in [0.2, 0.25) is 0 Å². The first-order chi connectivity index (χ1) is 8.56. The molecule has 1 aromatic rings. The molecule has 0 amide bonds. The van der Waals surface area contributed by atoms with Gasteiger partial charge >= 0.3 is 0 Å². The van der Waals surface area contributed by atoms with Crippen LogP contribution in [0.3, 0.4) is 0 Å². The molecule has 0 atom stereocenters. The van der Waals surface area contributed by atoms with E-state index in [0.29, 0.717) is 25.2 Å². The van der Waals surface area contributed by atoms with Crippen molar-refractivity contribution in [3.05, 3.63) is 29.8 Å². The van der Waals surface area contributed by atoms with E-state index >= 15 is 0 Å². The van der Waals surface area contributed by atoms with Gasteiger partial charge in [0, 0.05) is 30.7 Å². The molecule has 0 heterocycles. The number of nitrogens with zero attached hydrogens (tertiary/aromatic N) is 1. The average Bonchev–Trinajstić information content (AvgIpc) is 2.34. The third-order valence-electron chi connectivity index (χ3n) is 3.13. The van der Waals surface area contributed by atoms with Crippen molar-refractivity contribution in [2.75, 3.05) is 13.2 Å². The van der Waals surface area contributed by atoms with Gasteiger partial charge in [0.1, 0.15) is 12.4 Å². The summed E-state index contributed by atoms with van der Waals surface area (Å²) in [6.45, 7) is 11.0. The standard InChI is InChI=1S/C15H26N2O/c1-12(2)17(13(3)4)9-10-18-15-8-6-5-7-14(15)11-16/h5-8,12-13H,9-11,16H2,1-4H3.